The van der Waals surface area contributed by atoms with Gasteiger partial charge in [-0.1, -0.05) is 28.1 Å². The van der Waals surface area contributed by atoms with Crippen LogP contribution in [0.4, 0.5) is 11.5 Å². The van der Waals surface area contributed by atoms with E-state index in [4.69, 9.17) is 0 Å². The number of aromatic nitrogens is 1. The zero-order chi connectivity index (χ0) is 13.8. The Morgan fingerprint density at radius 3 is 2.53 bits per heavy atom. The number of benzene rings is 1. The standard InChI is InChI=1S/C13H12BrN3O2/c1-9-12(17(18)19)6-7-13(16-9)15-8-10-2-4-11(14)5-3-10/h2-7H,8H2,1H3,(H,15,16). The lowest BCUT2D eigenvalue weighted by atomic mass is 10.2. The Labute approximate surface area is 119 Å². The second kappa shape index (κ2) is 5.79. The second-order valence-electron chi connectivity index (χ2n) is 4.04. The van der Waals surface area contributed by atoms with Gasteiger partial charge in [-0.15, -0.1) is 0 Å². The molecule has 0 bridgehead atoms. The lowest BCUT2D eigenvalue weighted by Crippen LogP contribution is -2.03. The van der Waals surface area contributed by atoms with Crippen LogP contribution in [0.15, 0.2) is 40.9 Å². The van der Waals surface area contributed by atoms with Crippen LogP contribution in [0.1, 0.15) is 11.3 Å². The first kappa shape index (κ1) is 13.5. The quantitative estimate of drug-likeness (QED) is 0.689. The molecule has 1 aromatic carbocycles. The number of hydrogen-bond acceptors (Lipinski definition) is 4. The Bertz CT molecular complexity index is 599. The zero-order valence-corrected chi connectivity index (χ0v) is 11.8. The molecule has 0 aliphatic rings. The Kier molecular flexibility index (Phi) is 4.11. The zero-order valence-electron chi connectivity index (χ0n) is 10.3. The van der Waals surface area contributed by atoms with Gasteiger partial charge in [-0.3, -0.25) is 10.1 Å². The highest BCUT2D eigenvalue weighted by Gasteiger charge is 2.11. The second-order valence-corrected chi connectivity index (χ2v) is 4.95. The molecular formula is C13H12BrN3O2. The summed E-state index contributed by atoms with van der Waals surface area (Å²) in [5.41, 5.74) is 1.56. The summed E-state index contributed by atoms with van der Waals surface area (Å²) < 4.78 is 1.03. The van der Waals surface area contributed by atoms with Crippen LogP contribution in [0.5, 0.6) is 0 Å². The normalized spacial score (nSPS) is 10.2. The minimum absolute atomic E-state index is 0.0363. The Morgan fingerprint density at radius 2 is 1.95 bits per heavy atom. The van der Waals surface area contributed by atoms with Crippen molar-refractivity contribution in [2.45, 2.75) is 13.5 Å². The molecule has 5 nitrogen and oxygen atoms in total. The van der Waals surface area contributed by atoms with Gasteiger partial charge in [-0.25, -0.2) is 4.98 Å². The summed E-state index contributed by atoms with van der Waals surface area (Å²) in [5, 5.41) is 13.8. The third-order valence-electron chi connectivity index (χ3n) is 2.64. The number of halogens is 1. The van der Waals surface area contributed by atoms with Crippen LogP contribution in [0.25, 0.3) is 0 Å². The largest absolute Gasteiger partial charge is 0.366 e. The fourth-order valence-corrected chi connectivity index (χ4v) is 1.90. The maximum Gasteiger partial charge on any atom is 0.290 e. The van der Waals surface area contributed by atoms with E-state index in [1.165, 1.54) is 6.07 Å². The molecule has 0 atom stereocenters. The summed E-state index contributed by atoms with van der Waals surface area (Å²) in [6.45, 7) is 2.25. The molecule has 0 aliphatic heterocycles. The van der Waals surface area contributed by atoms with Gasteiger partial charge in [0.2, 0.25) is 0 Å². The first-order valence-electron chi connectivity index (χ1n) is 5.66. The molecule has 2 aromatic rings. The molecule has 0 radical (unpaired) electrons. The molecule has 2 rings (SSSR count). The lowest BCUT2D eigenvalue weighted by Gasteiger charge is -2.06. The van der Waals surface area contributed by atoms with Crippen LogP contribution in [0, 0.1) is 17.0 Å². The van der Waals surface area contributed by atoms with Crippen LogP contribution < -0.4 is 5.32 Å². The first-order valence-corrected chi connectivity index (χ1v) is 6.46. The predicted molar refractivity (Wildman–Crippen MR) is 77.1 cm³/mol. The van der Waals surface area contributed by atoms with Crippen LogP contribution in [0.3, 0.4) is 0 Å². The van der Waals surface area contributed by atoms with Crippen molar-refractivity contribution in [3.05, 3.63) is 62.2 Å². The highest BCUT2D eigenvalue weighted by atomic mass is 79.9. The van der Waals surface area contributed by atoms with Gasteiger partial charge in [-0.2, -0.15) is 0 Å². The monoisotopic (exact) mass is 321 g/mol. The molecule has 98 valence electrons. The van der Waals surface area contributed by atoms with Crippen molar-refractivity contribution < 1.29 is 4.92 Å². The van der Waals surface area contributed by atoms with E-state index in [1.807, 2.05) is 24.3 Å². The summed E-state index contributed by atoms with van der Waals surface area (Å²) in [7, 11) is 0. The summed E-state index contributed by atoms with van der Waals surface area (Å²) in [4.78, 5) is 14.4. The molecule has 1 N–H and O–H groups in total. The van der Waals surface area contributed by atoms with E-state index in [1.54, 1.807) is 13.0 Å². The molecule has 0 fully saturated rings. The van der Waals surface area contributed by atoms with Crippen molar-refractivity contribution in [1.29, 1.82) is 0 Å². The van der Waals surface area contributed by atoms with Crippen molar-refractivity contribution in [2.24, 2.45) is 0 Å². The van der Waals surface area contributed by atoms with E-state index in [0.29, 0.717) is 18.1 Å². The smallest absolute Gasteiger partial charge is 0.290 e. The van der Waals surface area contributed by atoms with Crippen LogP contribution in [0.2, 0.25) is 0 Å². The van der Waals surface area contributed by atoms with Gasteiger partial charge >= 0.3 is 0 Å². The third-order valence-corrected chi connectivity index (χ3v) is 3.17. The molecule has 6 heteroatoms. The molecule has 1 aromatic heterocycles. The minimum atomic E-state index is -0.430. The maximum atomic E-state index is 10.7. The maximum absolute atomic E-state index is 10.7. The summed E-state index contributed by atoms with van der Waals surface area (Å²) in [5.74, 6) is 0.631. The van der Waals surface area contributed by atoms with E-state index in [2.05, 4.69) is 26.2 Å². The molecule has 0 saturated carbocycles. The average molecular weight is 322 g/mol. The molecule has 0 aliphatic carbocycles. The first-order chi connectivity index (χ1) is 9.06. The lowest BCUT2D eigenvalue weighted by molar-refractivity contribution is -0.385. The van der Waals surface area contributed by atoms with Gasteiger partial charge in [0.15, 0.2) is 0 Å². The Hall–Kier alpha value is -1.95. The van der Waals surface area contributed by atoms with Gasteiger partial charge in [0.25, 0.3) is 5.69 Å². The Balaban J connectivity index is 2.06. The number of nitrogens with zero attached hydrogens (tertiary/aromatic N) is 2. The van der Waals surface area contributed by atoms with Gasteiger partial charge in [-0.05, 0) is 30.7 Å². The summed E-state index contributed by atoms with van der Waals surface area (Å²) in [6.07, 6.45) is 0. The topological polar surface area (TPSA) is 68.1 Å². The molecule has 0 unspecified atom stereocenters. The van der Waals surface area contributed by atoms with Crippen LogP contribution >= 0.6 is 15.9 Å². The fourth-order valence-electron chi connectivity index (χ4n) is 1.64. The van der Waals surface area contributed by atoms with Crippen molar-refractivity contribution in [2.75, 3.05) is 5.32 Å². The van der Waals surface area contributed by atoms with Crippen molar-refractivity contribution in [3.8, 4) is 0 Å². The number of anilines is 1. The van der Waals surface area contributed by atoms with E-state index in [-0.39, 0.29) is 5.69 Å². The van der Waals surface area contributed by atoms with Crippen LogP contribution in [-0.4, -0.2) is 9.91 Å². The average Bonchev–Trinajstić information content (AvgIpc) is 2.37. The molecule has 0 spiro atoms. The van der Waals surface area contributed by atoms with Crippen LogP contribution in [-0.2, 0) is 6.54 Å². The Morgan fingerprint density at radius 1 is 1.26 bits per heavy atom. The SMILES string of the molecule is Cc1nc(NCc2ccc(Br)cc2)ccc1[N+](=O)[O-]. The summed E-state index contributed by atoms with van der Waals surface area (Å²) in [6, 6.07) is 11.0. The number of aryl methyl sites for hydroxylation is 1. The molecule has 0 saturated heterocycles. The van der Waals surface area contributed by atoms with Crippen molar-refractivity contribution in [3.63, 3.8) is 0 Å². The number of nitro groups is 1. The summed E-state index contributed by atoms with van der Waals surface area (Å²) >= 11 is 3.38. The third kappa shape index (κ3) is 3.51. The molecule has 1 heterocycles. The van der Waals surface area contributed by atoms with Gasteiger partial charge in [0.1, 0.15) is 11.5 Å². The van der Waals surface area contributed by atoms with E-state index < -0.39 is 4.92 Å². The highest BCUT2D eigenvalue weighted by molar-refractivity contribution is 9.10. The molecule has 19 heavy (non-hydrogen) atoms. The van der Waals surface area contributed by atoms with Gasteiger partial charge in [0, 0.05) is 17.1 Å². The van der Waals surface area contributed by atoms with Gasteiger partial charge < -0.3 is 5.32 Å². The van der Waals surface area contributed by atoms with Crippen molar-refractivity contribution >= 4 is 27.4 Å². The predicted octanol–water partition coefficient (Wildman–Crippen LogP) is 3.67. The molecule has 0 amide bonds. The van der Waals surface area contributed by atoms with Crippen molar-refractivity contribution in [1.82, 2.24) is 4.98 Å². The van der Waals surface area contributed by atoms with Gasteiger partial charge in [0.05, 0.1) is 4.92 Å². The number of pyridine rings is 1. The van der Waals surface area contributed by atoms with E-state index in [9.17, 15) is 10.1 Å². The molecular weight excluding hydrogens is 310 g/mol. The van der Waals surface area contributed by atoms with E-state index >= 15 is 0 Å². The fraction of sp³-hybridized carbons (Fsp3) is 0.154. The van der Waals surface area contributed by atoms with E-state index in [0.717, 1.165) is 10.0 Å². The highest BCUT2D eigenvalue weighted by Crippen LogP contribution is 2.18. The number of rotatable bonds is 4. The number of nitrogens with one attached hydrogen (secondary N) is 1. The minimum Gasteiger partial charge on any atom is -0.366 e. The number of hydrogen-bond donors (Lipinski definition) is 1.